The molecule has 0 atom stereocenters. The van der Waals surface area contributed by atoms with Gasteiger partial charge in [-0.05, 0) is 12.1 Å². The Hall–Kier alpha value is -2.96. The van der Waals surface area contributed by atoms with Crippen LogP contribution >= 0.6 is 0 Å². The third-order valence-electron chi connectivity index (χ3n) is 4.09. The summed E-state index contributed by atoms with van der Waals surface area (Å²) in [5.41, 5.74) is 1.15. The Bertz CT molecular complexity index is 792. The van der Waals surface area contributed by atoms with Crippen molar-refractivity contribution in [3.8, 4) is 0 Å². The van der Waals surface area contributed by atoms with Crippen LogP contribution in [0.15, 0.2) is 36.5 Å². The summed E-state index contributed by atoms with van der Waals surface area (Å²) >= 11 is 0. The summed E-state index contributed by atoms with van der Waals surface area (Å²) in [6.45, 7) is 3.12. The maximum atomic E-state index is 12.3. The zero-order valence-corrected chi connectivity index (χ0v) is 13.4. The lowest BCUT2D eigenvalue weighted by Gasteiger charge is -2.33. The predicted octanol–water partition coefficient (Wildman–Crippen LogP) is 0.864. The lowest BCUT2D eigenvalue weighted by atomic mass is 10.2. The second-order valence-corrected chi connectivity index (χ2v) is 5.63. The molecule has 0 bridgehead atoms. The van der Waals surface area contributed by atoms with E-state index in [1.54, 1.807) is 23.2 Å². The molecular weight excluding hydrogens is 308 g/mol. The molecule has 24 heavy (non-hydrogen) atoms. The molecule has 1 aliphatic heterocycles. The van der Waals surface area contributed by atoms with Crippen LogP contribution in [0.5, 0.6) is 0 Å². The first-order chi connectivity index (χ1) is 11.6. The van der Waals surface area contributed by atoms with Gasteiger partial charge in [-0.1, -0.05) is 18.2 Å². The number of hydrogen-bond acceptors (Lipinski definition) is 4. The number of nitrogens with one attached hydrogen (secondary N) is 1. The number of fused-ring (bicyclic) bond motifs is 1. The standard InChI is InChI=1S/C17H18N4O3/c1-12(22)20-8-10-21(11-9-20)17(24)16(23)19-14-6-2-4-13-5-3-7-18-15(13)14/h2-7H,8-11H2,1H3,(H,19,23). The molecule has 0 saturated carbocycles. The first-order valence-corrected chi connectivity index (χ1v) is 7.76. The van der Waals surface area contributed by atoms with Crippen LogP contribution in [-0.4, -0.2) is 58.7 Å². The van der Waals surface area contributed by atoms with E-state index in [2.05, 4.69) is 10.3 Å². The summed E-state index contributed by atoms with van der Waals surface area (Å²) in [5.74, 6) is -1.30. The number of aromatic nitrogens is 1. The Morgan fingerprint density at radius 2 is 1.67 bits per heavy atom. The number of carbonyl (C=O) groups excluding carboxylic acids is 3. The summed E-state index contributed by atoms with van der Waals surface area (Å²) < 4.78 is 0. The van der Waals surface area contributed by atoms with Crippen LogP contribution in [0.25, 0.3) is 10.9 Å². The van der Waals surface area contributed by atoms with E-state index in [4.69, 9.17) is 0 Å². The van der Waals surface area contributed by atoms with Crippen molar-refractivity contribution in [2.24, 2.45) is 0 Å². The molecule has 124 valence electrons. The van der Waals surface area contributed by atoms with E-state index in [1.807, 2.05) is 18.2 Å². The van der Waals surface area contributed by atoms with Crippen LogP contribution in [0, 0.1) is 0 Å². The molecule has 2 heterocycles. The predicted molar refractivity (Wildman–Crippen MR) is 89.2 cm³/mol. The highest BCUT2D eigenvalue weighted by molar-refractivity contribution is 6.40. The molecule has 1 N–H and O–H groups in total. The van der Waals surface area contributed by atoms with Gasteiger partial charge in [0.25, 0.3) is 0 Å². The highest BCUT2D eigenvalue weighted by Gasteiger charge is 2.27. The Kier molecular flexibility index (Phi) is 4.41. The molecule has 0 spiro atoms. The minimum absolute atomic E-state index is 0.0200. The van der Waals surface area contributed by atoms with Gasteiger partial charge in [0.15, 0.2) is 0 Å². The van der Waals surface area contributed by atoms with Crippen molar-refractivity contribution in [3.05, 3.63) is 36.5 Å². The van der Waals surface area contributed by atoms with Crippen LogP contribution in [0.1, 0.15) is 6.92 Å². The number of hydrogen-bond donors (Lipinski definition) is 1. The van der Waals surface area contributed by atoms with E-state index in [9.17, 15) is 14.4 Å². The topological polar surface area (TPSA) is 82.6 Å². The smallest absolute Gasteiger partial charge is 0.313 e. The van der Waals surface area contributed by atoms with Crippen LogP contribution < -0.4 is 5.32 Å². The molecule has 1 aliphatic rings. The first kappa shape index (κ1) is 15.9. The van der Waals surface area contributed by atoms with E-state index in [0.717, 1.165) is 5.39 Å². The maximum Gasteiger partial charge on any atom is 0.313 e. The summed E-state index contributed by atoms with van der Waals surface area (Å²) in [4.78, 5) is 43.3. The van der Waals surface area contributed by atoms with Crippen LogP contribution in [-0.2, 0) is 14.4 Å². The number of piperazine rings is 1. The lowest BCUT2D eigenvalue weighted by molar-refractivity contribution is -0.145. The summed E-state index contributed by atoms with van der Waals surface area (Å²) in [6, 6.07) is 9.11. The van der Waals surface area contributed by atoms with Crippen molar-refractivity contribution in [3.63, 3.8) is 0 Å². The molecule has 3 amide bonds. The molecule has 0 radical (unpaired) electrons. The Balaban J connectivity index is 1.68. The molecule has 3 rings (SSSR count). The monoisotopic (exact) mass is 326 g/mol. The normalized spacial score (nSPS) is 14.5. The van der Waals surface area contributed by atoms with E-state index < -0.39 is 11.8 Å². The second-order valence-electron chi connectivity index (χ2n) is 5.63. The largest absolute Gasteiger partial charge is 0.339 e. The molecule has 1 fully saturated rings. The van der Waals surface area contributed by atoms with Gasteiger partial charge in [0, 0.05) is 44.7 Å². The Morgan fingerprint density at radius 1 is 1.00 bits per heavy atom. The summed E-state index contributed by atoms with van der Waals surface area (Å²) in [5, 5.41) is 3.53. The third-order valence-corrected chi connectivity index (χ3v) is 4.09. The van der Waals surface area contributed by atoms with Gasteiger partial charge < -0.3 is 15.1 Å². The summed E-state index contributed by atoms with van der Waals surface area (Å²) in [6.07, 6.45) is 1.64. The van der Waals surface area contributed by atoms with Crippen LogP contribution in [0.3, 0.4) is 0 Å². The van der Waals surface area contributed by atoms with E-state index in [0.29, 0.717) is 37.4 Å². The molecule has 0 unspecified atom stereocenters. The van der Waals surface area contributed by atoms with Gasteiger partial charge >= 0.3 is 11.8 Å². The van der Waals surface area contributed by atoms with Crippen LogP contribution in [0.4, 0.5) is 5.69 Å². The first-order valence-electron chi connectivity index (χ1n) is 7.76. The van der Waals surface area contributed by atoms with Crippen molar-refractivity contribution in [2.75, 3.05) is 31.5 Å². The van der Waals surface area contributed by atoms with E-state index in [-0.39, 0.29) is 5.91 Å². The number of amides is 3. The van der Waals surface area contributed by atoms with Gasteiger partial charge in [0.05, 0.1) is 11.2 Å². The van der Waals surface area contributed by atoms with Gasteiger partial charge in [-0.15, -0.1) is 0 Å². The van der Waals surface area contributed by atoms with Gasteiger partial charge in [-0.25, -0.2) is 0 Å². The van der Waals surface area contributed by atoms with Crippen molar-refractivity contribution >= 4 is 34.3 Å². The zero-order valence-electron chi connectivity index (χ0n) is 13.4. The number of nitrogens with zero attached hydrogens (tertiary/aromatic N) is 3. The molecule has 1 saturated heterocycles. The van der Waals surface area contributed by atoms with Gasteiger partial charge in [0.1, 0.15) is 0 Å². The minimum Gasteiger partial charge on any atom is -0.339 e. The average Bonchev–Trinajstić information content (AvgIpc) is 2.61. The molecular formula is C17H18N4O3. The van der Waals surface area contributed by atoms with Crippen molar-refractivity contribution in [1.82, 2.24) is 14.8 Å². The molecule has 7 nitrogen and oxygen atoms in total. The molecule has 1 aromatic carbocycles. The van der Waals surface area contributed by atoms with E-state index >= 15 is 0 Å². The molecule has 7 heteroatoms. The number of anilines is 1. The number of carbonyl (C=O) groups is 3. The molecule has 2 aromatic rings. The number of benzene rings is 1. The van der Waals surface area contributed by atoms with Crippen molar-refractivity contribution in [1.29, 1.82) is 0 Å². The highest BCUT2D eigenvalue weighted by Crippen LogP contribution is 2.20. The SMILES string of the molecule is CC(=O)N1CCN(C(=O)C(=O)Nc2cccc3cccnc23)CC1. The third kappa shape index (κ3) is 3.19. The Morgan fingerprint density at radius 3 is 2.38 bits per heavy atom. The van der Waals surface area contributed by atoms with E-state index in [1.165, 1.54) is 11.8 Å². The zero-order chi connectivity index (χ0) is 17.1. The molecule has 1 aromatic heterocycles. The number of pyridine rings is 1. The van der Waals surface area contributed by atoms with Crippen molar-refractivity contribution < 1.29 is 14.4 Å². The fourth-order valence-electron chi connectivity index (χ4n) is 2.75. The quantitative estimate of drug-likeness (QED) is 0.788. The van der Waals surface area contributed by atoms with Gasteiger partial charge in [-0.2, -0.15) is 0 Å². The second kappa shape index (κ2) is 6.66. The number of rotatable bonds is 1. The fraction of sp³-hybridized carbons (Fsp3) is 0.294. The van der Waals surface area contributed by atoms with Crippen LogP contribution in [0.2, 0.25) is 0 Å². The lowest BCUT2D eigenvalue weighted by Crippen LogP contribution is -2.52. The van der Waals surface area contributed by atoms with Crippen molar-refractivity contribution in [2.45, 2.75) is 6.92 Å². The average molecular weight is 326 g/mol. The maximum absolute atomic E-state index is 12.3. The fourth-order valence-corrected chi connectivity index (χ4v) is 2.75. The summed E-state index contributed by atoms with van der Waals surface area (Å²) in [7, 11) is 0. The van der Waals surface area contributed by atoms with Gasteiger partial charge in [-0.3, -0.25) is 19.4 Å². The number of para-hydroxylation sites is 1. The Labute approximate surface area is 139 Å². The minimum atomic E-state index is -0.690. The van der Waals surface area contributed by atoms with Gasteiger partial charge in [0.2, 0.25) is 5.91 Å². The molecule has 0 aliphatic carbocycles. The highest BCUT2D eigenvalue weighted by atomic mass is 16.2.